The number of nitrogens with zero attached hydrogens (tertiary/aromatic N) is 3. The molecule has 8 aromatic carbocycles. The summed E-state index contributed by atoms with van der Waals surface area (Å²) >= 11 is 1.91. The number of benzene rings is 8. The summed E-state index contributed by atoms with van der Waals surface area (Å²) in [5.74, 6) is 0. The highest BCUT2D eigenvalue weighted by Gasteiger charge is 2.43. The Morgan fingerprint density at radius 1 is 0.508 bits per heavy atom. The van der Waals surface area contributed by atoms with Crippen molar-refractivity contribution in [1.82, 2.24) is 4.57 Å². The number of hydrogen-bond donors (Lipinski definition) is 0. The van der Waals surface area contributed by atoms with E-state index in [-0.39, 0.29) is 17.5 Å². The van der Waals surface area contributed by atoms with E-state index < -0.39 is 0 Å². The highest BCUT2D eigenvalue weighted by Crippen LogP contribution is 2.49. The van der Waals surface area contributed by atoms with E-state index in [0.29, 0.717) is 0 Å². The van der Waals surface area contributed by atoms with E-state index in [9.17, 15) is 0 Å². The molecule has 0 bridgehead atoms. The molecule has 65 heavy (non-hydrogen) atoms. The summed E-state index contributed by atoms with van der Waals surface area (Å²) in [6, 6.07) is 61.5. The van der Waals surface area contributed by atoms with Crippen molar-refractivity contribution in [2.75, 3.05) is 9.80 Å². The van der Waals surface area contributed by atoms with E-state index in [0.717, 1.165) is 44.7 Å². The van der Waals surface area contributed by atoms with Crippen LogP contribution in [0.2, 0.25) is 0 Å². The maximum atomic E-state index is 6.62. The first kappa shape index (κ1) is 38.4. The largest absolute Gasteiger partial charge is 0.456 e. The second-order valence-electron chi connectivity index (χ2n) is 20.3. The van der Waals surface area contributed by atoms with Crippen molar-refractivity contribution in [1.29, 1.82) is 0 Å². The molecular weight excluding hydrogens is 810 g/mol. The van der Waals surface area contributed by atoms with Gasteiger partial charge in [-0.1, -0.05) is 133 Å². The van der Waals surface area contributed by atoms with Crippen LogP contribution in [0.15, 0.2) is 168 Å². The van der Waals surface area contributed by atoms with Crippen molar-refractivity contribution in [3.8, 4) is 5.69 Å². The van der Waals surface area contributed by atoms with E-state index >= 15 is 0 Å². The maximum absolute atomic E-state index is 6.62. The second kappa shape index (κ2) is 13.5. The molecule has 6 heteroatoms. The fraction of sp³-hybridized carbons (Fsp3) is 0.153. The number of aryl methyl sites for hydroxylation is 1. The van der Waals surface area contributed by atoms with Gasteiger partial charge in [0.25, 0.3) is 6.71 Å². The van der Waals surface area contributed by atoms with Crippen molar-refractivity contribution < 1.29 is 4.42 Å². The molecule has 0 saturated heterocycles. The Balaban J connectivity index is 1.12. The van der Waals surface area contributed by atoms with Gasteiger partial charge < -0.3 is 18.8 Å². The van der Waals surface area contributed by atoms with Crippen molar-refractivity contribution in [3.63, 3.8) is 0 Å². The van der Waals surface area contributed by atoms with Gasteiger partial charge in [-0.05, 0) is 124 Å². The summed E-state index contributed by atoms with van der Waals surface area (Å²) in [5.41, 5.74) is 19.1. The van der Waals surface area contributed by atoms with Gasteiger partial charge in [0.2, 0.25) is 0 Å². The lowest BCUT2D eigenvalue weighted by atomic mass is 9.33. The van der Waals surface area contributed by atoms with Crippen molar-refractivity contribution in [2.24, 2.45) is 0 Å². The van der Waals surface area contributed by atoms with Crippen LogP contribution in [0.1, 0.15) is 58.2 Å². The Hall–Kier alpha value is -7.02. The molecule has 4 nitrogen and oxygen atoms in total. The molecule has 0 aliphatic carbocycles. The molecule has 0 saturated carbocycles. The predicted molar refractivity (Wildman–Crippen MR) is 280 cm³/mol. The van der Waals surface area contributed by atoms with Gasteiger partial charge in [-0.25, -0.2) is 0 Å². The minimum absolute atomic E-state index is 0.0123. The molecule has 0 fully saturated rings. The number of anilines is 6. The molecule has 2 aliphatic rings. The summed E-state index contributed by atoms with van der Waals surface area (Å²) < 4.78 is 10.5. The summed E-state index contributed by atoms with van der Waals surface area (Å²) in [4.78, 5) is 6.31. The van der Waals surface area contributed by atoms with Crippen LogP contribution in [-0.4, -0.2) is 11.3 Å². The number of furan rings is 1. The first-order chi connectivity index (χ1) is 31.4. The van der Waals surface area contributed by atoms with Crippen LogP contribution in [0.3, 0.4) is 0 Å². The normalized spacial score (nSPS) is 13.4. The molecule has 13 rings (SSSR count). The van der Waals surface area contributed by atoms with E-state index in [2.05, 4.69) is 227 Å². The van der Waals surface area contributed by atoms with Gasteiger partial charge in [-0.2, -0.15) is 0 Å². The third-order valence-corrected chi connectivity index (χ3v) is 15.3. The van der Waals surface area contributed by atoms with Crippen LogP contribution >= 0.6 is 11.3 Å². The monoisotopic (exact) mass is 857 g/mol. The fourth-order valence-electron chi connectivity index (χ4n) is 11.0. The van der Waals surface area contributed by atoms with Crippen LogP contribution < -0.4 is 26.2 Å². The van der Waals surface area contributed by atoms with E-state index in [4.69, 9.17) is 4.42 Å². The lowest BCUT2D eigenvalue weighted by molar-refractivity contribution is 0.590. The predicted octanol–water partition coefficient (Wildman–Crippen LogP) is 14.9. The SMILES string of the molecule is Cc1cc2c3c(c1)-n1c4sc5ccccc5c4c4cccc(c41)B3c1ccc(N(c3ccc(C(C)(C)C)cc3)c3ccc(C(C)(C)C)cc3)cc1N2c1cccc2oc3ccccc3c12. The van der Waals surface area contributed by atoms with Crippen LogP contribution in [0, 0.1) is 6.92 Å². The van der Waals surface area contributed by atoms with Gasteiger partial charge in [0, 0.05) is 60.4 Å². The van der Waals surface area contributed by atoms with Gasteiger partial charge >= 0.3 is 0 Å². The molecule has 314 valence electrons. The van der Waals surface area contributed by atoms with E-state index in [1.807, 2.05) is 11.3 Å². The third-order valence-electron chi connectivity index (χ3n) is 14.1. The highest BCUT2D eigenvalue weighted by molar-refractivity contribution is 7.26. The highest BCUT2D eigenvalue weighted by atomic mass is 32.1. The van der Waals surface area contributed by atoms with Crippen LogP contribution in [0.5, 0.6) is 0 Å². The molecule has 5 heterocycles. The summed E-state index contributed by atoms with van der Waals surface area (Å²) in [6.45, 7) is 16.0. The Morgan fingerprint density at radius 3 is 1.85 bits per heavy atom. The average Bonchev–Trinajstić information content (AvgIpc) is 3.97. The van der Waals surface area contributed by atoms with Gasteiger partial charge in [0.05, 0.1) is 16.6 Å². The minimum Gasteiger partial charge on any atom is -0.456 e. The Bertz CT molecular complexity index is 3710. The number of hydrogen-bond acceptors (Lipinski definition) is 4. The van der Waals surface area contributed by atoms with Crippen molar-refractivity contribution in [2.45, 2.75) is 59.3 Å². The summed E-state index contributed by atoms with van der Waals surface area (Å²) in [6.07, 6.45) is 0. The standard InChI is InChI=1S/C59H48BN3OS/c1-35-32-48-55-49(33-35)63-56-43(53-42-15-9-11-21-52(42)65-57(53)63)16-12-17-45(56)60(55)44-31-30-40(34-47(44)62(48)46-18-13-20-51-54(46)41-14-8-10-19-50(41)64-51)61(38-26-22-36(23-27-38)58(2,3)4)39-28-24-37(25-29-39)59(5,6)7/h8-34H,1-7H3. The second-order valence-corrected chi connectivity index (χ2v) is 21.3. The molecule has 0 amide bonds. The summed E-state index contributed by atoms with van der Waals surface area (Å²) in [5, 5.41) is 6.23. The minimum atomic E-state index is 0.0123. The molecule has 2 aliphatic heterocycles. The number of fused-ring (bicyclic) bond motifs is 12. The Morgan fingerprint density at radius 2 is 1.12 bits per heavy atom. The van der Waals surface area contributed by atoms with Crippen LogP contribution in [0.4, 0.5) is 34.1 Å². The molecule has 3 aromatic heterocycles. The van der Waals surface area contributed by atoms with Gasteiger partial charge in [-0.3, -0.25) is 0 Å². The number of rotatable bonds is 4. The number of aromatic nitrogens is 1. The van der Waals surface area contributed by atoms with E-state index in [1.54, 1.807) is 0 Å². The zero-order valence-corrected chi connectivity index (χ0v) is 38.6. The molecule has 0 N–H and O–H groups in total. The lowest BCUT2D eigenvalue weighted by Crippen LogP contribution is -2.60. The molecule has 0 atom stereocenters. The van der Waals surface area contributed by atoms with Gasteiger partial charge in [0.15, 0.2) is 0 Å². The van der Waals surface area contributed by atoms with Crippen LogP contribution in [0.25, 0.3) is 58.8 Å². The quantitative estimate of drug-likeness (QED) is 0.165. The van der Waals surface area contributed by atoms with Gasteiger partial charge in [-0.15, -0.1) is 11.3 Å². The maximum Gasteiger partial charge on any atom is 0.252 e. The zero-order valence-electron chi connectivity index (χ0n) is 37.8. The first-order valence-electron chi connectivity index (χ1n) is 22.9. The topological polar surface area (TPSA) is 24.6 Å². The Labute approximate surface area is 384 Å². The van der Waals surface area contributed by atoms with Crippen LogP contribution in [-0.2, 0) is 10.8 Å². The first-order valence-corrected chi connectivity index (χ1v) is 23.7. The number of thiophene rings is 1. The van der Waals surface area contributed by atoms with Gasteiger partial charge in [0.1, 0.15) is 16.0 Å². The molecule has 11 aromatic rings. The smallest absolute Gasteiger partial charge is 0.252 e. The fourth-order valence-corrected chi connectivity index (χ4v) is 12.3. The number of para-hydroxylation sites is 2. The zero-order chi connectivity index (χ0) is 44.1. The molecular formula is C59H48BN3OS. The lowest BCUT2D eigenvalue weighted by Gasteiger charge is -2.41. The molecule has 0 spiro atoms. The van der Waals surface area contributed by atoms with Crippen molar-refractivity contribution >= 4 is 122 Å². The third kappa shape index (κ3) is 5.56. The molecule has 0 radical (unpaired) electrons. The molecule has 0 unspecified atom stereocenters. The van der Waals surface area contributed by atoms with Crippen molar-refractivity contribution in [3.05, 3.63) is 180 Å². The van der Waals surface area contributed by atoms with E-state index in [1.165, 1.54) is 81.3 Å². The Kier molecular flexibility index (Phi) is 7.99. The summed E-state index contributed by atoms with van der Waals surface area (Å²) in [7, 11) is 0. The average molecular weight is 858 g/mol.